The quantitative estimate of drug-likeness (QED) is 0.700. The molecule has 1 amide bonds. The first kappa shape index (κ1) is 15.5. The first-order chi connectivity index (χ1) is 9.97. The lowest BCUT2D eigenvalue weighted by molar-refractivity contribution is 0.0690. The summed E-state index contributed by atoms with van der Waals surface area (Å²) in [5.41, 5.74) is 6.72. The number of halogens is 1. The van der Waals surface area contributed by atoms with Crippen LogP contribution in [-0.4, -0.2) is 28.5 Å². The monoisotopic (exact) mass is 369 g/mol. The highest BCUT2D eigenvalue weighted by Gasteiger charge is 2.10. The van der Waals surface area contributed by atoms with Crippen molar-refractivity contribution in [2.75, 3.05) is 12.3 Å². The first-order valence-corrected chi connectivity index (χ1v) is 7.65. The Hall–Kier alpha value is -1.93. The van der Waals surface area contributed by atoms with Crippen LogP contribution in [0.1, 0.15) is 25.9 Å². The Morgan fingerprint density at radius 1 is 1.43 bits per heavy atom. The van der Waals surface area contributed by atoms with Crippen molar-refractivity contribution < 1.29 is 14.7 Å². The van der Waals surface area contributed by atoms with E-state index in [2.05, 4.69) is 26.2 Å². The summed E-state index contributed by atoms with van der Waals surface area (Å²) in [6.07, 6.45) is 0.482. The molecule has 1 aromatic carbocycles. The number of anilines is 1. The minimum Gasteiger partial charge on any atom is -0.476 e. The maximum absolute atomic E-state index is 11.9. The van der Waals surface area contributed by atoms with Gasteiger partial charge < -0.3 is 16.2 Å². The molecule has 1 aromatic heterocycles. The number of carbonyl (C=O) groups excluding carboxylic acids is 1. The van der Waals surface area contributed by atoms with E-state index in [-0.39, 0.29) is 11.6 Å². The van der Waals surface area contributed by atoms with Gasteiger partial charge in [-0.2, -0.15) is 0 Å². The number of nitrogens with zero attached hydrogens (tertiary/aromatic N) is 1. The molecule has 0 fully saturated rings. The van der Waals surface area contributed by atoms with Crippen molar-refractivity contribution in [3.8, 4) is 0 Å². The number of thiazole rings is 1. The van der Waals surface area contributed by atoms with Crippen molar-refractivity contribution in [3.63, 3.8) is 0 Å². The van der Waals surface area contributed by atoms with E-state index < -0.39 is 5.97 Å². The molecule has 1 heterocycles. The zero-order chi connectivity index (χ0) is 15.4. The number of benzene rings is 1. The molecule has 110 valence electrons. The summed E-state index contributed by atoms with van der Waals surface area (Å²) in [7, 11) is 0. The highest BCUT2D eigenvalue weighted by Crippen LogP contribution is 2.20. The highest BCUT2D eigenvalue weighted by atomic mass is 79.9. The second-order valence-corrected chi connectivity index (χ2v) is 5.97. The third-order valence-corrected chi connectivity index (χ3v) is 4.28. The van der Waals surface area contributed by atoms with Gasteiger partial charge in [0.1, 0.15) is 0 Å². The summed E-state index contributed by atoms with van der Waals surface area (Å²) in [4.78, 5) is 26.6. The van der Waals surface area contributed by atoms with Crippen molar-refractivity contribution in [2.24, 2.45) is 0 Å². The molecule has 0 spiro atoms. The number of rotatable bonds is 5. The van der Waals surface area contributed by atoms with Gasteiger partial charge in [0, 0.05) is 34.1 Å². The maximum Gasteiger partial charge on any atom is 0.355 e. The number of carboxylic acid groups (broad SMARTS) is 1. The van der Waals surface area contributed by atoms with Crippen molar-refractivity contribution in [1.29, 1.82) is 0 Å². The van der Waals surface area contributed by atoms with Crippen molar-refractivity contribution in [2.45, 2.75) is 6.42 Å². The largest absolute Gasteiger partial charge is 0.476 e. The zero-order valence-electron chi connectivity index (χ0n) is 10.8. The fourth-order valence-corrected chi connectivity index (χ4v) is 2.61. The SMILES string of the molecule is Nc1cc(C(=O)NCCc2nc(C(=O)O)cs2)ccc1Br. The van der Waals surface area contributed by atoms with Gasteiger partial charge in [0.2, 0.25) is 0 Å². The Bertz CT molecular complexity index is 687. The molecule has 0 aliphatic carbocycles. The lowest BCUT2D eigenvalue weighted by Crippen LogP contribution is -2.25. The van der Waals surface area contributed by atoms with E-state index in [1.54, 1.807) is 18.2 Å². The van der Waals surface area contributed by atoms with Crippen LogP contribution in [0.2, 0.25) is 0 Å². The number of carbonyl (C=O) groups is 2. The van der Waals surface area contributed by atoms with Gasteiger partial charge in [-0.05, 0) is 34.1 Å². The zero-order valence-corrected chi connectivity index (χ0v) is 13.2. The number of nitrogen functional groups attached to an aromatic ring is 1. The summed E-state index contributed by atoms with van der Waals surface area (Å²) in [6, 6.07) is 4.97. The number of nitrogens with one attached hydrogen (secondary N) is 1. The Balaban J connectivity index is 1.88. The molecule has 21 heavy (non-hydrogen) atoms. The average Bonchev–Trinajstić information content (AvgIpc) is 2.91. The fourth-order valence-electron chi connectivity index (χ4n) is 1.59. The Kier molecular flexibility index (Phi) is 4.92. The average molecular weight is 370 g/mol. The molecule has 2 aromatic rings. The van der Waals surface area contributed by atoms with Gasteiger partial charge in [0.25, 0.3) is 5.91 Å². The Morgan fingerprint density at radius 3 is 2.81 bits per heavy atom. The molecule has 0 atom stereocenters. The molecule has 0 bridgehead atoms. The van der Waals surface area contributed by atoms with Crippen LogP contribution in [0.4, 0.5) is 5.69 Å². The predicted molar refractivity (Wildman–Crippen MR) is 83.7 cm³/mol. The van der Waals surface area contributed by atoms with Crippen LogP contribution in [0.3, 0.4) is 0 Å². The predicted octanol–water partition coefficient (Wildman–Crippen LogP) is 2.16. The van der Waals surface area contributed by atoms with Gasteiger partial charge in [-0.15, -0.1) is 11.3 Å². The molecule has 0 saturated heterocycles. The summed E-state index contributed by atoms with van der Waals surface area (Å²) < 4.78 is 0.739. The van der Waals surface area contributed by atoms with Crippen molar-refractivity contribution >= 4 is 44.8 Å². The molecule has 6 nitrogen and oxygen atoms in total. The number of amides is 1. The molecule has 0 unspecified atom stereocenters. The molecule has 0 aliphatic heterocycles. The van der Waals surface area contributed by atoms with E-state index in [1.807, 2.05) is 0 Å². The fraction of sp³-hybridized carbons (Fsp3) is 0.154. The molecule has 0 saturated carbocycles. The molecular weight excluding hydrogens is 358 g/mol. The minimum atomic E-state index is -1.05. The lowest BCUT2D eigenvalue weighted by Gasteiger charge is -2.05. The summed E-state index contributed by atoms with van der Waals surface area (Å²) in [6.45, 7) is 0.376. The van der Waals surface area contributed by atoms with Crippen LogP contribution >= 0.6 is 27.3 Å². The number of carboxylic acids is 1. The molecule has 0 aliphatic rings. The molecule has 2 rings (SSSR count). The third kappa shape index (κ3) is 4.02. The molecule has 0 radical (unpaired) electrons. The number of hydrogen-bond donors (Lipinski definition) is 3. The Morgan fingerprint density at radius 2 is 2.19 bits per heavy atom. The minimum absolute atomic E-state index is 0.0296. The molecule has 4 N–H and O–H groups in total. The van der Waals surface area contributed by atoms with Gasteiger partial charge in [-0.1, -0.05) is 0 Å². The van der Waals surface area contributed by atoms with Gasteiger partial charge >= 0.3 is 5.97 Å². The van der Waals surface area contributed by atoms with E-state index in [0.29, 0.717) is 29.2 Å². The molecule has 8 heteroatoms. The van der Waals surface area contributed by atoms with E-state index in [9.17, 15) is 9.59 Å². The van der Waals surface area contributed by atoms with E-state index >= 15 is 0 Å². The first-order valence-electron chi connectivity index (χ1n) is 5.98. The van der Waals surface area contributed by atoms with E-state index in [0.717, 1.165) is 4.47 Å². The normalized spacial score (nSPS) is 10.3. The van der Waals surface area contributed by atoms with Crippen molar-refractivity contribution in [3.05, 3.63) is 44.3 Å². The standard InChI is InChI=1S/C13H12BrN3O3S/c14-8-2-1-7(5-9(8)15)12(18)16-4-3-11-17-10(6-21-11)13(19)20/h1-2,5-6H,3-4,15H2,(H,16,18)(H,19,20). The lowest BCUT2D eigenvalue weighted by atomic mass is 10.2. The second kappa shape index (κ2) is 6.68. The van der Waals surface area contributed by atoms with Gasteiger partial charge in [-0.3, -0.25) is 4.79 Å². The highest BCUT2D eigenvalue weighted by molar-refractivity contribution is 9.10. The maximum atomic E-state index is 11.9. The summed E-state index contributed by atoms with van der Waals surface area (Å²) in [5.74, 6) is -1.28. The van der Waals surface area contributed by atoms with Crippen molar-refractivity contribution in [1.82, 2.24) is 10.3 Å². The van der Waals surface area contributed by atoms with E-state index in [4.69, 9.17) is 10.8 Å². The Labute approximate surface area is 133 Å². The number of aromatic carboxylic acids is 1. The molecular formula is C13H12BrN3O3S. The topological polar surface area (TPSA) is 105 Å². The van der Waals surface area contributed by atoms with Crippen LogP contribution in [0.15, 0.2) is 28.1 Å². The smallest absolute Gasteiger partial charge is 0.355 e. The van der Waals surface area contributed by atoms with Gasteiger partial charge in [0.05, 0.1) is 5.01 Å². The number of hydrogen-bond acceptors (Lipinski definition) is 5. The summed E-state index contributed by atoms with van der Waals surface area (Å²) in [5, 5.41) is 13.7. The van der Waals surface area contributed by atoms with Gasteiger partial charge in [-0.25, -0.2) is 9.78 Å². The van der Waals surface area contributed by atoms with Crippen LogP contribution in [-0.2, 0) is 6.42 Å². The van der Waals surface area contributed by atoms with Crippen LogP contribution in [0.5, 0.6) is 0 Å². The second-order valence-electron chi connectivity index (χ2n) is 4.17. The number of aromatic nitrogens is 1. The number of nitrogens with two attached hydrogens (primary N) is 1. The third-order valence-electron chi connectivity index (χ3n) is 2.65. The van der Waals surface area contributed by atoms with Crippen LogP contribution < -0.4 is 11.1 Å². The van der Waals surface area contributed by atoms with Gasteiger partial charge in [0.15, 0.2) is 5.69 Å². The van der Waals surface area contributed by atoms with Crippen LogP contribution in [0.25, 0.3) is 0 Å². The van der Waals surface area contributed by atoms with E-state index in [1.165, 1.54) is 16.7 Å². The summed E-state index contributed by atoms with van der Waals surface area (Å²) >= 11 is 4.52. The van der Waals surface area contributed by atoms with Crippen LogP contribution in [0, 0.1) is 0 Å².